The first-order chi connectivity index (χ1) is 9.58. The van der Waals surface area contributed by atoms with E-state index in [4.69, 9.17) is 16.3 Å². The molecule has 2 nitrogen and oxygen atoms in total. The van der Waals surface area contributed by atoms with Crippen LogP contribution in [0.4, 0.5) is 4.39 Å². The van der Waals surface area contributed by atoms with Crippen LogP contribution >= 0.6 is 27.5 Å². The van der Waals surface area contributed by atoms with Crippen LogP contribution in [0.15, 0.2) is 40.9 Å². The van der Waals surface area contributed by atoms with Crippen LogP contribution in [0.3, 0.4) is 0 Å². The van der Waals surface area contributed by atoms with Gasteiger partial charge >= 0.3 is 0 Å². The van der Waals surface area contributed by atoms with Crippen molar-refractivity contribution in [2.75, 3.05) is 14.2 Å². The van der Waals surface area contributed by atoms with Crippen LogP contribution in [-0.4, -0.2) is 14.2 Å². The molecule has 2 rings (SSSR count). The summed E-state index contributed by atoms with van der Waals surface area (Å²) < 4.78 is 20.0. The first-order valence-electron chi connectivity index (χ1n) is 6.03. The first-order valence-corrected chi connectivity index (χ1v) is 7.20. The number of hydrogen-bond donors (Lipinski definition) is 1. The molecule has 0 heterocycles. The minimum absolute atomic E-state index is 0.328. The summed E-state index contributed by atoms with van der Waals surface area (Å²) in [5.41, 5.74) is 1.33. The van der Waals surface area contributed by atoms with Gasteiger partial charge in [0.05, 0.1) is 18.2 Å². The normalized spacial score (nSPS) is 12.2. The van der Waals surface area contributed by atoms with Gasteiger partial charge in [-0.15, -0.1) is 0 Å². The Morgan fingerprint density at radius 2 is 2.00 bits per heavy atom. The lowest BCUT2D eigenvalue weighted by atomic mass is 9.98. The molecule has 0 aliphatic rings. The maximum Gasteiger partial charge on any atom is 0.132 e. The summed E-state index contributed by atoms with van der Waals surface area (Å²) in [6, 6.07) is 10.1. The van der Waals surface area contributed by atoms with Crippen LogP contribution in [0.5, 0.6) is 5.75 Å². The molecule has 1 N–H and O–H groups in total. The van der Waals surface area contributed by atoms with E-state index in [0.29, 0.717) is 16.3 Å². The number of nitrogens with one attached hydrogen (secondary N) is 1. The zero-order chi connectivity index (χ0) is 14.7. The fourth-order valence-corrected chi connectivity index (χ4v) is 2.71. The van der Waals surface area contributed by atoms with Crippen LogP contribution < -0.4 is 10.1 Å². The minimum Gasteiger partial charge on any atom is -0.497 e. The molecular weight excluding hydrogens is 345 g/mol. The van der Waals surface area contributed by atoms with Crippen molar-refractivity contribution >= 4 is 27.5 Å². The fraction of sp³-hybridized carbons (Fsp3) is 0.200. The van der Waals surface area contributed by atoms with Gasteiger partial charge in [-0.05, 0) is 40.7 Å². The highest BCUT2D eigenvalue weighted by molar-refractivity contribution is 9.10. The number of benzene rings is 2. The molecule has 1 atom stereocenters. The zero-order valence-electron chi connectivity index (χ0n) is 11.1. The van der Waals surface area contributed by atoms with E-state index >= 15 is 0 Å². The number of methoxy groups -OCH3 is 1. The topological polar surface area (TPSA) is 21.3 Å². The summed E-state index contributed by atoms with van der Waals surface area (Å²) in [6.45, 7) is 0. The molecule has 106 valence electrons. The maximum atomic E-state index is 14.2. The number of ether oxygens (including phenoxy) is 1. The van der Waals surface area contributed by atoms with E-state index in [2.05, 4.69) is 21.2 Å². The molecule has 0 aliphatic heterocycles. The number of rotatable bonds is 4. The van der Waals surface area contributed by atoms with Gasteiger partial charge in [0.15, 0.2) is 0 Å². The van der Waals surface area contributed by atoms with Crippen LogP contribution in [0.1, 0.15) is 17.2 Å². The Kier molecular flexibility index (Phi) is 5.02. The molecule has 0 radical (unpaired) electrons. The van der Waals surface area contributed by atoms with Gasteiger partial charge in [0.1, 0.15) is 11.6 Å². The zero-order valence-corrected chi connectivity index (χ0v) is 13.4. The highest BCUT2D eigenvalue weighted by Gasteiger charge is 2.20. The van der Waals surface area contributed by atoms with Crippen molar-refractivity contribution in [1.29, 1.82) is 0 Å². The lowest BCUT2D eigenvalue weighted by molar-refractivity contribution is 0.410. The lowest BCUT2D eigenvalue weighted by Gasteiger charge is -2.20. The molecule has 1 unspecified atom stereocenters. The summed E-state index contributed by atoms with van der Waals surface area (Å²) in [5.74, 6) is 0.154. The standard InChI is InChI=1S/C15H14BrClFNO/c1-19-15(11-4-3-5-12(16)14(11)17)10-7-6-9(20-2)8-13(10)18/h3-8,15,19H,1-2H3. The average molecular weight is 359 g/mol. The van der Waals surface area contributed by atoms with Gasteiger partial charge in [0.2, 0.25) is 0 Å². The van der Waals surface area contributed by atoms with Gasteiger partial charge in [0, 0.05) is 16.1 Å². The van der Waals surface area contributed by atoms with E-state index in [1.165, 1.54) is 13.2 Å². The SMILES string of the molecule is CNC(c1ccc(OC)cc1F)c1cccc(Br)c1Cl. The molecule has 0 aliphatic carbocycles. The van der Waals surface area contributed by atoms with Crippen molar-refractivity contribution in [3.63, 3.8) is 0 Å². The average Bonchev–Trinajstić information content (AvgIpc) is 2.45. The Balaban J connectivity index is 2.50. The van der Waals surface area contributed by atoms with Crippen LogP contribution in [-0.2, 0) is 0 Å². The second kappa shape index (κ2) is 6.57. The molecule has 0 amide bonds. The highest BCUT2D eigenvalue weighted by atomic mass is 79.9. The van der Waals surface area contributed by atoms with E-state index in [9.17, 15) is 4.39 Å². The molecule has 0 spiro atoms. The Labute approximate surface area is 131 Å². The Morgan fingerprint density at radius 1 is 1.25 bits per heavy atom. The third kappa shape index (κ3) is 2.97. The van der Waals surface area contributed by atoms with Crippen molar-refractivity contribution in [3.05, 3.63) is 62.8 Å². The van der Waals surface area contributed by atoms with Gasteiger partial charge in [-0.1, -0.05) is 29.8 Å². The fourth-order valence-electron chi connectivity index (χ4n) is 2.09. The largest absolute Gasteiger partial charge is 0.497 e. The van der Waals surface area contributed by atoms with Crippen LogP contribution in [0, 0.1) is 5.82 Å². The quantitative estimate of drug-likeness (QED) is 0.865. The molecule has 0 saturated heterocycles. The smallest absolute Gasteiger partial charge is 0.132 e. The highest BCUT2D eigenvalue weighted by Crippen LogP contribution is 2.34. The van der Waals surface area contributed by atoms with E-state index in [1.54, 1.807) is 19.2 Å². The molecular formula is C15H14BrClFNO. The molecule has 2 aromatic rings. The Hall–Kier alpha value is -1.10. The van der Waals surface area contributed by atoms with Gasteiger partial charge in [0.25, 0.3) is 0 Å². The molecule has 20 heavy (non-hydrogen) atoms. The summed E-state index contributed by atoms with van der Waals surface area (Å²) in [7, 11) is 3.28. The molecule has 0 aromatic heterocycles. The lowest BCUT2D eigenvalue weighted by Crippen LogP contribution is -2.19. The van der Waals surface area contributed by atoms with Crippen molar-refractivity contribution in [2.45, 2.75) is 6.04 Å². The monoisotopic (exact) mass is 357 g/mol. The van der Waals surface area contributed by atoms with Crippen molar-refractivity contribution in [3.8, 4) is 5.75 Å². The second-order valence-electron chi connectivity index (χ2n) is 4.25. The van der Waals surface area contributed by atoms with E-state index in [-0.39, 0.29) is 11.9 Å². The summed E-state index contributed by atoms with van der Waals surface area (Å²) >= 11 is 9.68. The van der Waals surface area contributed by atoms with Crippen LogP contribution in [0.25, 0.3) is 0 Å². The Bertz CT molecular complexity index is 621. The number of hydrogen-bond acceptors (Lipinski definition) is 2. The third-order valence-electron chi connectivity index (χ3n) is 3.10. The molecule has 0 fully saturated rings. The second-order valence-corrected chi connectivity index (χ2v) is 5.48. The maximum absolute atomic E-state index is 14.2. The predicted molar refractivity (Wildman–Crippen MR) is 83.0 cm³/mol. The van der Waals surface area contributed by atoms with Gasteiger partial charge in [-0.3, -0.25) is 0 Å². The van der Waals surface area contributed by atoms with Crippen molar-refractivity contribution < 1.29 is 9.13 Å². The number of halogens is 3. The van der Waals surface area contributed by atoms with Crippen molar-refractivity contribution in [2.24, 2.45) is 0 Å². The molecule has 0 saturated carbocycles. The predicted octanol–water partition coefficient (Wildman–Crippen LogP) is 4.56. The van der Waals surface area contributed by atoms with Gasteiger partial charge in [-0.2, -0.15) is 0 Å². The first kappa shape index (κ1) is 15.3. The van der Waals surface area contributed by atoms with E-state index in [1.807, 2.05) is 18.2 Å². The Morgan fingerprint density at radius 3 is 2.60 bits per heavy atom. The summed E-state index contributed by atoms with van der Waals surface area (Å²) in [4.78, 5) is 0. The van der Waals surface area contributed by atoms with E-state index in [0.717, 1.165) is 10.0 Å². The minimum atomic E-state index is -0.334. The van der Waals surface area contributed by atoms with Gasteiger partial charge in [-0.25, -0.2) is 4.39 Å². The molecule has 0 bridgehead atoms. The summed E-state index contributed by atoms with van der Waals surface area (Å²) in [5, 5.41) is 3.67. The molecule has 2 aromatic carbocycles. The van der Waals surface area contributed by atoms with Gasteiger partial charge < -0.3 is 10.1 Å². The van der Waals surface area contributed by atoms with E-state index < -0.39 is 0 Å². The summed E-state index contributed by atoms with van der Waals surface area (Å²) in [6.07, 6.45) is 0. The van der Waals surface area contributed by atoms with Crippen LogP contribution in [0.2, 0.25) is 5.02 Å². The van der Waals surface area contributed by atoms with Crippen molar-refractivity contribution in [1.82, 2.24) is 5.32 Å². The molecule has 5 heteroatoms. The third-order valence-corrected chi connectivity index (χ3v) is 4.41.